The van der Waals surface area contributed by atoms with Gasteiger partial charge in [0.05, 0.1) is 6.61 Å². The van der Waals surface area contributed by atoms with E-state index in [2.05, 4.69) is 12.3 Å². The van der Waals surface area contributed by atoms with E-state index in [1.165, 1.54) is 32.1 Å². The maximum Gasteiger partial charge on any atom is 0.0633 e. The highest BCUT2D eigenvalue weighted by atomic mass is 16.5. The van der Waals surface area contributed by atoms with E-state index in [1.54, 1.807) is 0 Å². The summed E-state index contributed by atoms with van der Waals surface area (Å²) in [5.41, 5.74) is 2.86. The van der Waals surface area contributed by atoms with Crippen molar-refractivity contribution in [3.8, 4) is 0 Å². The molecule has 1 saturated carbocycles. The van der Waals surface area contributed by atoms with E-state index in [0.29, 0.717) is 6.04 Å². The van der Waals surface area contributed by atoms with Crippen LogP contribution >= 0.6 is 0 Å². The average molecular weight is 214 g/mol. The van der Waals surface area contributed by atoms with Crippen LogP contribution in [0.5, 0.6) is 0 Å². The zero-order valence-corrected chi connectivity index (χ0v) is 10.0. The van der Waals surface area contributed by atoms with Crippen LogP contribution in [0.25, 0.3) is 0 Å². The monoisotopic (exact) mass is 214 g/mol. The second-order valence-electron chi connectivity index (χ2n) is 4.67. The van der Waals surface area contributed by atoms with Crippen LogP contribution < -0.4 is 11.3 Å². The van der Waals surface area contributed by atoms with E-state index < -0.39 is 0 Å². The molecule has 3 N–H and O–H groups in total. The molecule has 1 rings (SSSR count). The first-order chi connectivity index (χ1) is 7.36. The average Bonchev–Trinajstić information content (AvgIpc) is 2.76. The van der Waals surface area contributed by atoms with E-state index in [-0.39, 0.29) is 0 Å². The summed E-state index contributed by atoms with van der Waals surface area (Å²) in [7, 11) is 0. The van der Waals surface area contributed by atoms with Gasteiger partial charge >= 0.3 is 0 Å². The molecule has 0 bridgehead atoms. The number of rotatable bonds is 8. The van der Waals surface area contributed by atoms with Crippen molar-refractivity contribution in [2.24, 2.45) is 11.8 Å². The quantitative estimate of drug-likeness (QED) is 0.370. The minimum absolute atomic E-state index is 0.345. The Morgan fingerprint density at radius 1 is 1.40 bits per heavy atom. The van der Waals surface area contributed by atoms with Crippen LogP contribution in [0.1, 0.15) is 51.9 Å². The van der Waals surface area contributed by atoms with Crippen LogP contribution in [0.3, 0.4) is 0 Å². The fourth-order valence-electron chi connectivity index (χ4n) is 2.32. The highest BCUT2D eigenvalue weighted by molar-refractivity contribution is 4.71. The maximum atomic E-state index is 5.51. The normalized spacial score (nSPS) is 19.6. The Bertz CT molecular complexity index is 147. The minimum atomic E-state index is 0.345. The SMILES string of the molecule is CCCOCC(CCC1CCCC1)NN. The molecule has 1 unspecified atom stereocenters. The van der Waals surface area contributed by atoms with Gasteiger partial charge in [0, 0.05) is 12.6 Å². The molecule has 1 aliphatic carbocycles. The number of hydrogen-bond acceptors (Lipinski definition) is 3. The zero-order valence-electron chi connectivity index (χ0n) is 10.0. The second kappa shape index (κ2) is 8.08. The maximum absolute atomic E-state index is 5.51. The third-order valence-corrected chi connectivity index (χ3v) is 3.30. The highest BCUT2D eigenvalue weighted by Gasteiger charge is 2.16. The summed E-state index contributed by atoms with van der Waals surface area (Å²) in [6.07, 6.45) is 9.25. The first-order valence-electron chi connectivity index (χ1n) is 6.40. The Labute approximate surface area is 93.7 Å². The van der Waals surface area contributed by atoms with E-state index in [0.717, 1.165) is 32.0 Å². The van der Waals surface area contributed by atoms with Gasteiger partial charge < -0.3 is 4.74 Å². The predicted octanol–water partition coefficient (Wildman–Crippen LogP) is 2.22. The highest BCUT2D eigenvalue weighted by Crippen LogP contribution is 2.28. The molecule has 3 heteroatoms. The molecule has 15 heavy (non-hydrogen) atoms. The summed E-state index contributed by atoms with van der Waals surface area (Å²) in [6.45, 7) is 3.74. The van der Waals surface area contributed by atoms with Crippen molar-refractivity contribution in [3.05, 3.63) is 0 Å². The summed E-state index contributed by atoms with van der Waals surface area (Å²) in [5.74, 6) is 6.46. The molecule has 0 saturated heterocycles. The van der Waals surface area contributed by atoms with Gasteiger partial charge in [-0.3, -0.25) is 11.3 Å². The van der Waals surface area contributed by atoms with Crippen molar-refractivity contribution < 1.29 is 4.74 Å². The topological polar surface area (TPSA) is 47.3 Å². The van der Waals surface area contributed by atoms with Crippen LogP contribution in [0.15, 0.2) is 0 Å². The third kappa shape index (κ3) is 5.50. The Morgan fingerprint density at radius 3 is 2.73 bits per heavy atom. The molecule has 0 radical (unpaired) electrons. The minimum Gasteiger partial charge on any atom is -0.380 e. The molecule has 1 atom stereocenters. The molecule has 0 aromatic heterocycles. The Balaban J connectivity index is 2.04. The van der Waals surface area contributed by atoms with Crippen molar-refractivity contribution in [1.29, 1.82) is 0 Å². The standard InChI is InChI=1S/C12H26N2O/c1-2-9-15-10-12(14-13)8-7-11-5-3-4-6-11/h11-12,14H,2-10,13H2,1H3. The van der Waals surface area contributed by atoms with Crippen LogP contribution in [0, 0.1) is 5.92 Å². The summed E-state index contributed by atoms with van der Waals surface area (Å²) in [5, 5.41) is 0. The number of ether oxygens (including phenoxy) is 1. The molecule has 1 aliphatic rings. The first kappa shape index (κ1) is 12.9. The fraction of sp³-hybridized carbons (Fsp3) is 1.00. The lowest BCUT2D eigenvalue weighted by atomic mass is 9.99. The van der Waals surface area contributed by atoms with Crippen LogP contribution in [0.4, 0.5) is 0 Å². The zero-order chi connectivity index (χ0) is 10.9. The van der Waals surface area contributed by atoms with Gasteiger partial charge in [0.25, 0.3) is 0 Å². The predicted molar refractivity (Wildman–Crippen MR) is 63.4 cm³/mol. The van der Waals surface area contributed by atoms with E-state index in [1.807, 2.05) is 0 Å². The van der Waals surface area contributed by atoms with Crippen molar-refractivity contribution in [3.63, 3.8) is 0 Å². The molecule has 0 spiro atoms. The van der Waals surface area contributed by atoms with Gasteiger partial charge in [-0.1, -0.05) is 32.6 Å². The van der Waals surface area contributed by atoms with Gasteiger partial charge in [-0.15, -0.1) is 0 Å². The molecular weight excluding hydrogens is 188 g/mol. The van der Waals surface area contributed by atoms with Crippen molar-refractivity contribution in [2.75, 3.05) is 13.2 Å². The van der Waals surface area contributed by atoms with Gasteiger partial charge in [-0.05, 0) is 25.2 Å². The van der Waals surface area contributed by atoms with Crippen LogP contribution in [-0.4, -0.2) is 19.3 Å². The number of nitrogens with two attached hydrogens (primary N) is 1. The molecular formula is C12H26N2O. The smallest absolute Gasteiger partial charge is 0.0633 e. The summed E-state index contributed by atoms with van der Waals surface area (Å²) in [6, 6.07) is 0.345. The van der Waals surface area contributed by atoms with Crippen molar-refractivity contribution in [2.45, 2.75) is 57.9 Å². The molecule has 0 aromatic carbocycles. The van der Waals surface area contributed by atoms with Crippen molar-refractivity contribution in [1.82, 2.24) is 5.43 Å². The fourth-order valence-corrected chi connectivity index (χ4v) is 2.32. The van der Waals surface area contributed by atoms with E-state index >= 15 is 0 Å². The molecule has 0 heterocycles. The molecule has 0 aromatic rings. The Morgan fingerprint density at radius 2 is 2.13 bits per heavy atom. The number of nitrogens with one attached hydrogen (secondary N) is 1. The van der Waals surface area contributed by atoms with Gasteiger partial charge in [-0.25, -0.2) is 0 Å². The number of hydrazine groups is 1. The second-order valence-corrected chi connectivity index (χ2v) is 4.67. The van der Waals surface area contributed by atoms with Gasteiger partial charge in [0.15, 0.2) is 0 Å². The molecule has 0 amide bonds. The third-order valence-electron chi connectivity index (χ3n) is 3.30. The lowest BCUT2D eigenvalue weighted by Gasteiger charge is -2.17. The van der Waals surface area contributed by atoms with E-state index in [9.17, 15) is 0 Å². The summed E-state index contributed by atoms with van der Waals surface area (Å²) < 4.78 is 5.51. The largest absolute Gasteiger partial charge is 0.380 e. The first-order valence-corrected chi connectivity index (χ1v) is 6.40. The Hall–Kier alpha value is -0.120. The lowest BCUT2D eigenvalue weighted by Crippen LogP contribution is -2.39. The van der Waals surface area contributed by atoms with Crippen LogP contribution in [0.2, 0.25) is 0 Å². The van der Waals surface area contributed by atoms with Crippen molar-refractivity contribution >= 4 is 0 Å². The molecule has 1 fully saturated rings. The summed E-state index contributed by atoms with van der Waals surface area (Å²) >= 11 is 0. The van der Waals surface area contributed by atoms with E-state index in [4.69, 9.17) is 10.6 Å². The Kier molecular flexibility index (Phi) is 6.98. The molecule has 0 aliphatic heterocycles. The molecule has 90 valence electrons. The number of hydrogen-bond donors (Lipinski definition) is 2. The van der Waals surface area contributed by atoms with Gasteiger partial charge in [0.1, 0.15) is 0 Å². The van der Waals surface area contributed by atoms with Gasteiger partial charge in [0.2, 0.25) is 0 Å². The van der Waals surface area contributed by atoms with Crippen LogP contribution in [-0.2, 0) is 4.74 Å². The lowest BCUT2D eigenvalue weighted by molar-refractivity contribution is 0.107. The van der Waals surface area contributed by atoms with Gasteiger partial charge in [-0.2, -0.15) is 0 Å². The summed E-state index contributed by atoms with van der Waals surface area (Å²) in [4.78, 5) is 0. The molecule has 3 nitrogen and oxygen atoms in total.